The molecule has 6 nitrogen and oxygen atoms in total. The van der Waals surface area contributed by atoms with E-state index < -0.39 is 29.0 Å². The van der Waals surface area contributed by atoms with Gasteiger partial charge in [0.1, 0.15) is 5.56 Å². The monoisotopic (exact) mass is 370 g/mol. The fraction of sp³-hybridized carbons (Fsp3) is 0.312. The molecule has 1 saturated heterocycles. The number of aromatic nitrogens is 2. The highest BCUT2D eigenvalue weighted by Gasteiger charge is 2.38. The van der Waals surface area contributed by atoms with Gasteiger partial charge < -0.3 is 9.80 Å². The average Bonchev–Trinajstić information content (AvgIpc) is 2.67. The number of rotatable bonds is 3. The maximum atomic E-state index is 13.0. The zero-order valence-corrected chi connectivity index (χ0v) is 13.4. The fourth-order valence-electron chi connectivity index (χ4n) is 2.78. The van der Waals surface area contributed by atoms with Crippen molar-refractivity contribution >= 4 is 11.7 Å². The fourth-order valence-corrected chi connectivity index (χ4v) is 2.78. The van der Waals surface area contributed by atoms with Crippen LogP contribution in [0, 0.1) is 0 Å². The lowest BCUT2D eigenvalue weighted by molar-refractivity contribution is -0.142. The largest absolute Gasteiger partial charge is 0.420 e. The van der Waals surface area contributed by atoms with Crippen LogP contribution in [0.2, 0.25) is 0 Å². The lowest BCUT2D eigenvalue weighted by Crippen LogP contribution is -2.49. The van der Waals surface area contributed by atoms with Crippen LogP contribution in [-0.4, -0.2) is 47.2 Å². The highest BCUT2D eigenvalue weighted by Crippen LogP contribution is 2.38. The molecule has 2 aromatic rings. The number of amides is 1. The van der Waals surface area contributed by atoms with Gasteiger partial charge in [0, 0.05) is 36.9 Å². The quantitative estimate of drug-likeness (QED) is 0.778. The van der Waals surface area contributed by atoms with E-state index >= 15 is 0 Å². The van der Waals surface area contributed by atoms with E-state index in [4.69, 9.17) is 0 Å². The Bertz CT molecular complexity index is 778. The molecule has 0 N–H and O–H groups in total. The number of piperazine rings is 1. The van der Waals surface area contributed by atoms with Crippen molar-refractivity contribution < 1.29 is 27.4 Å². The summed E-state index contributed by atoms with van der Waals surface area (Å²) in [5.74, 6) is -1.18. The predicted octanol–water partition coefficient (Wildman–Crippen LogP) is 2.72. The van der Waals surface area contributed by atoms with Gasteiger partial charge in [0.05, 0.1) is 5.56 Å². The number of carbonyl (C=O) groups is 1. The molecule has 0 aliphatic carbocycles. The van der Waals surface area contributed by atoms with Crippen LogP contribution in [0.15, 0.2) is 36.5 Å². The van der Waals surface area contributed by atoms with Crippen molar-refractivity contribution in [2.45, 2.75) is 6.18 Å². The minimum atomic E-state index is -4.83. The number of anilines is 1. The highest BCUT2D eigenvalue weighted by molar-refractivity contribution is 5.97. The number of benzene rings is 1. The second-order valence-electron chi connectivity index (χ2n) is 5.62. The molecule has 138 valence electrons. The molecule has 26 heavy (non-hydrogen) atoms. The molecule has 0 bridgehead atoms. The van der Waals surface area contributed by atoms with Crippen LogP contribution in [0.3, 0.4) is 0 Å². The molecule has 0 saturated carbocycles. The first-order valence-electron chi connectivity index (χ1n) is 7.72. The van der Waals surface area contributed by atoms with Crippen LogP contribution in [-0.2, 0) is 6.18 Å². The van der Waals surface area contributed by atoms with Crippen LogP contribution < -0.4 is 9.84 Å². The summed E-state index contributed by atoms with van der Waals surface area (Å²) in [4.78, 5) is 19.2. The van der Waals surface area contributed by atoms with E-state index in [-0.39, 0.29) is 13.1 Å². The van der Waals surface area contributed by atoms with Crippen LogP contribution >= 0.6 is 0 Å². The zero-order valence-electron chi connectivity index (χ0n) is 13.4. The molecular weight excluding hydrogens is 356 g/mol. The molecule has 0 atom stereocenters. The van der Waals surface area contributed by atoms with Crippen LogP contribution in [0.5, 0.6) is 5.75 Å². The van der Waals surface area contributed by atoms with E-state index in [9.17, 15) is 22.5 Å². The van der Waals surface area contributed by atoms with Crippen molar-refractivity contribution in [2.24, 2.45) is 0 Å². The Morgan fingerprint density at radius 2 is 1.81 bits per heavy atom. The molecule has 0 spiro atoms. The topological polar surface area (TPSA) is 58.6 Å². The summed E-state index contributed by atoms with van der Waals surface area (Å²) in [6, 6.07) is 6.33. The highest BCUT2D eigenvalue weighted by atomic mass is 19.4. The second-order valence-corrected chi connectivity index (χ2v) is 5.62. The van der Waals surface area contributed by atoms with Gasteiger partial charge in [-0.1, -0.05) is 6.07 Å². The third-order valence-corrected chi connectivity index (χ3v) is 4.08. The van der Waals surface area contributed by atoms with Gasteiger partial charge in [0.15, 0.2) is 11.6 Å². The summed E-state index contributed by atoms with van der Waals surface area (Å²) < 4.78 is 51.7. The van der Waals surface area contributed by atoms with Crippen LogP contribution in [0.1, 0.15) is 15.9 Å². The van der Waals surface area contributed by atoms with Gasteiger partial charge in [0.25, 0.3) is 5.91 Å². The molecule has 0 unspecified atom stereocenters. The van der Waals surface area contributed by atoms with Crippen molar-refractivity contribution in [1.82, 2.24) is 15.1 Å². The van der Waals surface area contributed by atoms with E-state index in [1.165, 1.54) is 11.1 Å². The van der Waals surface area contributed by atoms with Crippen LogP contribution in [0.4, 0.5) is 23.5 Å². The predicted molar refractivity (Wildman–Crippen MR) is 83.3 cm³/mol. The lowest BCUT2D eigenvalue weighted by atomic mass is 10.1. The Kier molecular flexibility index (Phi) is 4.92. The summed E-state index contributed by atoms with van der Waals surface area (Å²) in [6.07, 6.45) is -3.29. The van der Waals surface area contributed by atoms with Gasteiger partial charge in [-0.3, -0.25) is 9.74 Å². The molecule has 0 radical (unpaired) electrons. The first-order chi connectivity index (χ1) is 12.4. The summed E-state index contributed by atoms with van der Waals surface area (Å²) in [5.41, 5.74) is -1.79. The van der Waals surface area contributed by atoms with Crippen molar-refractivity contribution in [2.75, 3.05) is 31.1 Å². The molecule has 1 aliphatic rings. The normalized spacial score (nSPS) is 15.1. The summed E-state index contributed by atoms with van der Waals surface area (Å²) in [7, 11) is 0. The number of hydrogen-bond donors (Lipinski definition) is 0. The first kappa shape index (κ1) is 17.9. The standard InChI is InChI=1S/C16H14F4N4O2/c17-16(18,19)12-4-1-3-11(14(12)26-20)15(25)24-9-7-23(8-10-24)13-5-2-6-21-22-13/h1-6H,7-10H2. The van der Waals surface area contributed by atoms with Crippen molar-refractivity contribution in [1.29, 1.82) is 0 Å². The molecular formula is C16H14F4N4O2. The number of alkyl halides is 3. The summed E-state index contributed by atoms with van der Waals surface area (Å²) in [6.45, 7) is 1.35. The third kappa shape index (κ3) is 3.53. The number of para-hydroxylation sites is 1. The minimum Gasteiger partial charge on any atom is -0.352 e. The molecule has 1 aliphatic heterocycles. The van der Waals surface area contributed by atoms with E-state index in [1.54, 1.807) is 12.1 Å². The second kappa shape index (κ2) is 7.14. The maximum absolute atomic E-state index is 13.0. The van der Waals surface area contributed by atoms with Crippen molar-refractivity contribution in [3.05, 3.63) is 47.7 Å². The van der Waals surface area contributed by atoms with Gasteiger partial charge >= 0.3 is 6.18 Å². The molecule has 3 rings (SSSR count). The summed E-state index contributed by atoms with van der Waals surface area (Å²) in [5, 5.41) is 7.75. The Hall–Kier alpha value is -2.91. The van der Waals surface area contributed by atoms with Gasteiger partial charge in [-0.15, -0.1) is 5.10 Å². The van der Waals surface area contributed by atoms with E-state index in [2.05, 4.69) is 15.1 Å². The Morgan fingerprint density at radius 1 is 1.08 bits per heavy atom. The number of nitrogens with zero attached hydrogens (tertiary/aromatic N) is 4. The van der Waals surface area contributed by atoms with Crippen LogP contribution in [0.25, 0.3) is 0 Å². The Balaban J connectivity index is 1.77. The zero-order chi connectivity index (χ0) is 18.7. The van der Waals surface area contributed by atoms with Gasteiger partial charge in [0.2, 0.25) is 0 Å². The SMILES string of the molecule is O=C(c1cccc(C(F)(F)F)c1OF)N1CCN(c2cccnn2)CC1. The number of halogens is 4. The van der Waals surface area contributed by atoms with Crippen molar-refractivity contribution in [3.8, 4) is 5.75 Å². The first-order valence-corrected chi connectivity index (χ1v) is 7.72. The molecule has 2 heterocycles. The summed E-state index contributed by atoms with van der Waals surface area (Å²) >= 11 is 0. The third-order valence-electron chi connectivity index (χ3n) is 4.08. The van der Waals surface area contributed by atoms with Gasteiger partial charge in [-0.25, -0.2) is 0 Å². The average molecular weight is 370 g/mol. The minimum absolute atomic E-state index is 0.247. The lowest BCUT2D eigenvalue weighted by Gasteiger charge is -2.35. The van der Waals surface area contributed by atoms with Crippen molar-refractivity contribution in [3.63, 3.8) is 0 Å². The van der Waals surface area contributed by atoms with Gasteiger partial charge in [-0.05, 0) is 24.3 Å². The molecule has 1 aromatic carbocycles. The number of hydrogen-bond acceptors (Lipinski definition) is 5. The molecule has 1 aromatic heterocycles. The Morgan fingerprint density at radius 3 is 2.38 bits per heavy atom. The van der Waals surface area contributed by atoms with E-state index in [1.807, 2.05) is 4.90 Å². The van der Waals surface area contributed by atoms with E-state index in [0.29, 0.717) is 25.0 Å². The molecule has 10 heteroatoms. The number of carbonyl (C=O) groups excluding carboxylic acids is 1. The smallest absolute Gasteiger partial charge is 0.352 e. The van der Waals surface area contributed by atoms with E-state index in [0.717, 1.165) is 12.1 Å². The maximum Gasteiger partial charge on any atom is 0.420 e. The molecule has 1 amide bonds. The molecule has 1 fully saturated rings. The van der Waals surface area contributed by atoms with Gasteiger partial charge in [-0.2, -0.15) is 18.3 Å². The Labute approximate surface area is 145 Å².